The molecule has 2 aromatic rings. The molecule has 2 N–H and O–H groups in total. The number of aromatic nitrogens is 2. The molecule has 4 nitrogen and oxygen atoms in total. The number of nitrogen functional groups attached to an aromatic ring is 1. The van der Waals surface area contributed by atoms with E-state index in [0.29, 0.717) is 12.4 Å². The molecule has 0 spiro atoms. The molecule has 0 saturated heterocycles. The summed E-state index contributed by atoms with van der Waals surface area (Å²) < 4.78 is 5.18. The fourth-order valence-corrected chi connectivity index (χ4v) is 2.90. The summed E-state index contributed by atoms with van der Waals surface area (Å²) in [5.74, 6) is 1.38. The van der Waals surface area contributed by atoms with Crippen LogP contribution in [0.15, 0.2) is 24.3 Å². The molecule has 0 bridgehead atoms. The number of hydrogen-bond donors (Lipinski definition) is 1. The zero-order valence-electron chi connectivity index (χ0n) is 12.4. The van der Waals surface area contributed by atoms with Crippen LogP contribution in [0.5, 0.6) is 0 Å². The number of ether oxygens (including phenoxy) is 1. The van der Waals surface area contributed by atoms with Crippen LogP contribution in [0.25, 0.3) is 11.4 Å². The maximum Gasteiger partial charge on any atom is 0.161 e. The second kappa shape index (κ2) is 6.22. The molecule has 0 atom stereocenters. The van der Waals surface area contributed by atoms with E-state index in [9.17, 15) is 0 Å². The molecule has 1 heterocycles. The number of benzene rings is 1. The standard InChI is InChI=1S/C17H21N3O/c1-21-11-12-6-5-7-13(10-12)17-19-15-9-4-2-3-8-14(15)16(18)20-17/h5-7,10H,2-4,8-9,11H2,1H3,(H2,18,19,20). The van der Waals surface area contributed by atoms with E-state index in [-0.39, 0.29) is 0 Å². The van der Waals surface area contributed by atoms with Gasteiger partial charge in [0.15, 0.2) is 5.82 Å². The molecule has 1 aromatic heterocycles. The highest BCUT2D eigenvalue weighted by Crippen LogP contribution is 2.26. The van der Waals surface area contributed by atoms with Crippen LogP contribution in [0.3, 0.4) is 0 Å². The van der Waals surface area contributed by atoms with Crippen molar-refractivity contribution in [2.24, 2.45) is 0 Å². The lowest BCUT2D eigenvalue weighted by atomic mass is 10.1. The normalized spacial score (nSPS) is 14.5. The first-order chi connectivity index (χ1) is 10.3. The van der Waals surface area contributed by atoms with E-state index in [4.69, 9.17) is 15.5 Å². The third-order valence-corrected chi connectivity index (χ3v) is 3.96. The number of rotatable bonds is 3. The van der Waals surface area contributed by atoms with E-state index in [1.807, 2.05) is 18.2 Å². The minimum atomic E-state index is 0.592. The molecule has 0 aliphatic heterocycles. The van der Waals surface area contributed by atoms with Crippen molar-refractivity contribution in [1.82, 2.24) is 9.97 Å². The van der Waals surface area contributed by atoms with Crippen molar-refractivity contribution < 1.29 is 4.74 Å². The predicted molar refractivity (Wildman–Crippen MR) is 83.9 cm³/mol. The molecule has 1 aliphatic carbocycles. The summed E-state index contributed by atoms with van der Waals surface area (Å²) in [5.41, 5.74) is 10.6. The molecule has 0 amide bonds. The largest absolute Gasteiger partial charge is 0.383 e. The molecule has 3 rings (SSSR count). The Bertz CT molecular complexity index is 640. The van der Waals surface area contributed by atoms with Crippen LogP contribution >= 0.6 is 0 Å². The Morgan fingerprint density at radius 3 is 2.86 bits per heavy atom. The van der Waals surface area contributed by atoms with Gasteiger partial charge in [-0.15, -0.1) is 0 Å². The average Bonchev–Trinajstić information content (AvgIpc) is 2.73. The monoisotopic (exact) mass is 283 g/mol. The molecule has 110 valence electrons. The fourth-order valence-electron chi connectivity index (χ4n) is 2.90. The third kappa shape index (κ3) is 3.05. The van der Waals surface area contributed by atoms with Crippen molar-refractivity contribution in [3.8, 4) is 11.4 Å². The Morgan fingerprint density at radius 1 is 1.14 bits per heavy atom. The summed E-state index contributed by atoms with van der Waals surface area (Å²) in [7, 11) is 1.70. The van der Waals surface area contributed by atoms with Gasteiger partial charge in [0.05, 0.1) is 6.61 Å². The first-order valence-corrected chi connectivity index (χ1v) is 7.51. The van der Waals surface area contributed by atoms with Crippen LogP contribution in [0.2, 0.25) is 0 Å². The van der Waals surface area contributed by atoms with E-state index >= 15 is 0 Å². The molecule has 0 unspecified atom stereocenters. The number of methoxy groups -OCH3 is 1. The van der Waals surface area contributed by atoms with Gasteiger partial charge in [0.25, 0.3) is 0 Å². The number of nitrogens with zero attached hydrogens (tertiary/aromatic N) is 2. The van der Waals surface area contributed by atoms with E-state index in [1.54, 1.807) is 7.11 Å². The summed E-state index contributed by atoms with van der Waals surface area (Å²) in [6, 6.07) is 8.15. The Balaban J connectivity index is 2.01. The maximum atomic E-state index is 6.17. The fraction of sp³-hybridized carbons (Fsp3) is 0.412. The van der Waals surface area contributed by atoms with Crippen molar-refractivity contribution >= 4 is 5.82 Å². The van der Waals surface area contributed by atoms with Crippen molar-refractivity contribution in [3.63, 3.8) is 0 Å². The van der Waals surface area contributed by atoms with Gasteiger partial charge in [0.1, 0.15) is 5.82 Å². The minimum absolute atomic E-state index is 0.592. The maximum absolute atomic E-state index is 6.17. The summed E-state index contributed by atoms with van der Waals surface area (Å²) >= 11 is 0. The number of anilines is 1. The Morgan fingerprint density at radius 2 is 2.00 bits per heavy atom. The highest BCUT2D eigenvalue weighted by Gasteiger charge is 2.15. The topological polar surface area (TPSA) is 61.0 Å². The quantitative estimate of drug-likeness (QED) is 0.879. The number of aryl methyl sites for hydroxylation is 1. The van der Waals surface area contributed by atoms with E-state index in [2.05, 4.69) is 11.1 Å². The minimum Gasteiger partial charge on any atom is -0.383 e. The van der Waals surface area contributed by atoms with Crippen molar-refractivity contribution in [1.29, 1.82) is 0 Å². The van der Waals surface area contributed by atoms with Crippen LogP contribution in [0, 0.1) is 0 Å². The lowest BCUT2D eigenvalue weighted by Crippen LogP contribution is -2.06. The van der Waals surface area contributed by atoms with Crippen LogP contribution in [-0.4, -0.2) is 17.1 Å². The van der Waals surface area contributed by atoms with Gasteiger partial charge in [0.2, 0.25) is 0 Å². The van der Waals surface area contributed by atoms with Gasteiger partial charge in [-0.1, -0.05) is 24.6 Å². The second-order valence-corrected chi connectivity index (χ2v) is 5.55. The Labute approximate surface area is 125 Å². The lowest BCUT2D eigenvalue weighted by Gasteiger charge is -2.11. The second-order valence-electron chi connectivity index (χ2n) is 5.55. The Kier molecular flexibility index (Phi) is 4.15. The van der Waals surface area contributed by atoms with Gasteiger partial charge in [-0.05, 0) is 37.3 Å². The van der Waals surface area contributed by atoms with Gasteiger partial charge >= 0.3 is 0 Å². The highest BCUT2D eigenvalue weighted by molar-refractivity contribution is 5.60. The van der Waals surface area contributed by atoms with Crippen molar-refractivity contribution in [3.05, 3.63) is 41.1 Å². The van der Waals surface area contributed by atoms with Gasteiger partial charge in [0, 0.05) is 23.9 Å². The summed E-state index contributed by atoms with van der Waals surface area (Å²) in [6.45, 7) is 0.592. The van der Waals surface area contributed by atoms with Gasteiger partial charge in [-0.25, -0.2) is 9.97 Å². The highest BCUT2D eigenvalue weighted by atomic mass is 16.5. The van der Waals surface area contributed by atoms with Crippen LogP contribution in [-0.2, 0) is 24.2 Å². The Hall–Kier alpha value is -1.94. The molecule has 0 radical (unpaired) electrons. The first-order valence-electron chi connectivity index (χ1n) is 7.51. The first kappa shape index (κ1) is 14.0. The van der Waals surface area contributed by atoms with E-state index in [1.165, 1.54) is 19.3 Å². The smallest absolute Gasteiger partial charge is 0.161 e. The lowest BCUT2D eigenvalue weighted by molar-refractivity contribution is 0.185. The van der Waals surface area contributed by atoms with E-state index < -0.39 is 0 Å². The molecule has 1 aliphatic rings. The number of nitrogens with two attached hydrogens (primary N) is 1. The zero-order chi connectivity index (χ0) is 14.7. The number of fused-ring (bicyclic) bond motifs is 1. The van der Waals surface area contributed by atoms with Crippen LogP contribution in [0.4, 0.5) is 5.82 Å². The third-order valence-electron chi connectivity index (χ3n) is 3.96. The molecule has 0 fully saturated rings. The zero-order valence-corrected chi connectivity index (χ0v) is 12.4. The molecule has 21 heavy (non-hydrogen) atoms. The predicted octanol–water partition coefficient (Wildman–Crippen LogP) is 3.14. The molecule has 4 heteroatoms. The van der Waals surface area contributed by atoms with Crippen LogP contribution in [0.1, 0.15) is 36.1 Å². The van der Waals surface area contributed by atoms with Crippen LogP contribution < -0.4 is 5.73 Å². The SMILES string of the molecule is COCc1cccc(-c2nc(N)c3c(n2)CCCCC3)c1. The molecular formula is C17H21N3O. The molecule has 0 saturated carbocycles. The summed E-state index contributed by atoms with van der Waals surface area (Å²) in [6.07, 6.45) is 5.63. The van der Waals surface area contributed by atoms with Gasteiger partial charge < -0.3 is 10.5 Å². The number of hydrogen-bond acceptors (Lipinski definition) is 4. The van der Waals surface area contributed by atoms with Gasteiger partial charge in [-0.2, -0.15) is 0 Å². The molecule has 1 aromatic carbocycles. The summed E-state index contributed by atoms with van der Waals surface area (Å²) in [5, 5.41) is 0. The molecular weight excluding hydrogens is 262 g/mol. The average molecular weight is 283 g/mol. The van der Waals surface area contributed by atoms with Crippen molar-refractivity contribution in [2.75, 3.05) is 12.8 Å². The van der Waals surface area contributed by atoms with Crippen molar-refractivity contribution in [2.45, 2.75) is 38.7 Å². The van der Waals surface area contributed by atoms with E-state index in [0.717, 1.165) is 41.1 Å². The summed E-state index contributed by atoms with van der Waals surface area (Å²) in [4.78, 5) is 9.30. The van der Waals surface area contributed by atoms with Gasteiger partial charge in [-0.3, -0.25) is 0 Å².